The predicted octanol–water partition coefficient (Wildman–Crippen LogP) is 1.18. The summed E-state index contributed by atoms with van der Waals surface area (Å²) in [6, 6.07) is 5.08. The minimum absolute atomic E-state index is 0.100. The lowest BCUT2D eigenvalue weighted by Crippen LogP contribution is -2.00. The summed E-state index contributed by atoms with van der Waals surface area (Å²) in [7, 11) is 1.51. The number of nitrogens with zero attached hydrogens (tertiary/aromatic N) is 1. The fourth-order valence-electron chi connectivity index (χ4n) is 1.33. The highest BCUT2D eigenvalue weighted by molar-refractivity contribution is 5.95. The second kappa shape index (κ2) is 3.57. The summed E-state index contributed by atoms with van der Waals surface area (Å²) in [5, 5.41) is 9.52. The third-order valence-corrected chi connectivity index (χ3v) is 2.01. The molecule has 1 aromatic rings. The van der Waals surface area contributed by atoms with Crippen molar-refractivity contribution in [2.24, 2.45) is 4.99 Å². The molecule has 0 atom stereocenters. The van der Waals surface area contributed by atoms with E-state index in [0.717, 1.165) is 5.56 Å². The van der Waals surface area contributed by atoms with E-state index < -0.39 is 0 Å². The molecule has 0 unspecified atom stereocenters. The van der Waals surface area contributed by atoms with Crippen molar-refractivity contribution in [1.29, 1.82) is 0 Å². The Balaban J connectivity index is 2.32. The quantitative estimate of drug-likeness (QED) is 0.767. The normalized spacial score (nSPS) is 14.8. The van der Waals surface area contributed by atoms with Crippen molar-refractivity contribution < 1.29 is 14.6 Å². The van der Waals surface area contributed by atoms with Crippen LogP contribution in [0.5, 0.6) is 11.5 Å². The van der Waals surface area contributed by atoms with Gasteiger partial charge in [-0.25, -0.2) is 4.99 Å². The average molecular weight is 193 g/mol. The molecule has 0 radical (unpaired) electrons. The smallest absolute Gasteiger partial charge is 0.216 e. The highest BCUT2D eigenvalue weighted by Gasteiger charge is 2.12. The molecule has 0 bridgehead atoms. The van der Waals surface area contributed by atoms with Crippen molar-refractivity contribution in [2.75, 3.05) is 20.3 Å². The maximum Gasteiger partial charge on any atom is 0.216 e. The van der Waals surface area contributed by atoms with Crippen LogP contribution in [0.25, 0.3) is 0 Å². The lowest BCUT2D eigenvalue weighted by Gasteiger charge is -2.05. The van der Waals surface area contributed by atoms with Crippen molar-refractivity contribution in [2.45, 2.75) is 0 Å². The van der Waals surface area contributed by atoms with E-state index in [4.69, 9.17) is 9.47 Å². The number of aromatic hydroxyl groups is 1. The monoisotopic (exact) mass is 193 g/mol. The molecule has 0 amide bonds. The van der Waals surface area contributed by atoms with Crippen LogP contribution in [0.3, 0.4) is 0 Å². The number of rotatable bonds is 2. The van der Waals surface area contributed by atoms with Crippen LogP contribution in [0.2, 0.25) is 0 Å². The van der Waals surface area contributed by atoms with E-state index in [1.165, 1.54) is 7.11 Å². The Morgan fingerprint density at radius 3 is 2.93 bits per heavy atom. The predicted molar refractivity (Wildman–Crippen MR) is 52.0 cm³/mol. The van der Waals surface area contributed by atoms with E-state index in [2.05, 4.69) is 4.99 Å². The number of hydrogen-bond donors (Lipinski definition) is 1. The van der Waals surface area contributed by atoms with Crippen molar-refractivity contribution in [3.8, 4) is 11.5 Å². The van der Waals surface area contributed by atoms with Gasteiger partial charge in [0.05, 0.1) is 13.7 Å². The molecule has 4 nitrogen and oxygen atoms in total. The summed E-state index contributed by atoms with van der Waals surface area (Å²) in [6.07, 6.45) is 0. The third kappa shape index (κ3) is 1.51. The number of benzene rings is 1. The van der Waals surface area contributed by atoms with Crippen LogP contribution < -0.4 is 4.74 Å². The largest absolute Gasteiger partial charge is 0.504 e. The van der Waals surface area contributed by atoms with Gasteiger partial charge in [-0.3, -0.25) is 0 Å². The Kier molecular flexibility index (Phi) is 2.26. The molecule has 0 saturated heterocycles. The Labute approximate surface area is 81.8 Å². The highest BCUT2D eigenvalue weighted by atomic mass is 16.5. The summed E-state index contributed by atoms with van der Waals surface area (Å²) in [5.41, 5.74) is 0.779. The first-order valence-corrected chi connectivity index (χ1v) is 4.36. The van der Waals surface area contributed by atoms with Crippen LogP contribution >= 0.6 is 0 Å². The van der Waals surface area contributed by atoms with Gasteiger partial charge in [-0.15, -0.1) is 0 Å². The summed E-state index contributed by atoms with van der Waals surface area (Å²) in [5.74, 6) is 1.14. The molecule has 1 aliphatic heterocycles. The minimum atomic E-state index is 0.100. The molecular weight excluding hydrogens is 182 g/mol. The molecule has 1 heterocycles. The Bertz CT molecular complexity index is 374. The molecule has 1 N–H and O–H groups in total. The van der Waals surface area contributed by atoms with Crippen molar-refractivity contribution in [3.63, 3.8) is 0 Å². The Morgan fingerprint density at radius 1 is 1.50 bits per heavy atom. The van der Waals surface area contributed by atoms with Crippen LogP contribution in [0.1, 0.15) is 5.56 Å². The first-order valence-electron chi connectivity index (χ1n) is 4.36. The highest BCUT2D eigenvalue weighted by Crippen LogP contribution is 2.26. The second-order valence-corrected chi connectivity index (χ2v) is 2.92. The summed E-state index contributed by atoms with van der Waals surface area (Å²) in [6.45, 7) is 1.30. The number of hydrogen-bond acceptors (Lipinski definition) is 4. The number of aliphatic imine (C=N–C) groups is 1. The molecule has 14 heavy (non-hydrogen) atoms. The molecule has 0 fully saturated rings. The summed E-state index contributed by atoms with van der Waals surface area (Å²) < 4.78 is 10.2. The van der Waals surface area contributed by atoms with Gasteiger partial charge >= 0.3 is 0 Å². The zero-order chi connectivity index (χ0) is 9.97. The van der Waals surface area contributed by atoms with Gasteiger partial charge in [0.15, 0.2) is 11.5 Å². The van der Waals surface area contributed by atoms with E-state index in [1.807, 2.05) is 6.07 Å². The second-order valence-electron chi connectivity index (χ2n) is 2.92. The van der Waals surface area contributed by atoms with Gasteiger partial charge in [-0.05, 0) is 18.2 Å². The summed E-state index contributed by atoms with van der Waals surface area (Å²) in [4.78, 5) is 4.15. The zero-order valence-electron chi connectivity index (χ0n) is 7.86. The molecule has 0 saturated carbocycles. The van der Waals surface area contributed by atoms with Gasteiger partial charge in [-0.1, -0.05) is 0 Å². The summed E-state index contributed by atoms with van der Waals surface area (Å²) >= 11 is 0. The molecule has 1 aliphatic rings. The number of methoxy groups -OCH3 is 1. The number of ether oxygens (including phenoxy) is 2. The van der Waals surface area contributed by atoms with Crippen LogP contribution in [0, 0.1) is 0 Å². The number of phenols is 1. The lowest BCUT2D eigenvalue weighted by atomic mass is 10.2. The van der Waals surface area contributed by atoms with Gasteiger partial charge < -0.3 is 14.6 Å². The lowest BCUT2D eigenvalue weighted by molar-refractivity contribution is 0.347. The SMILES string of the molecule is COc1ccc(C2=NCCO2)cc1O. The standard InChI is InChI=1S/C10H11NO3/c1-13-9-3-2-7(6-8(9)12)10-11-4-5-14-10/h2-3,6,12H,4-5H2,1H3. The van der Waals surface area contributed by atoms with Gasteiger partial charge in [0.2, 0.25) is 5.90 Å². The van der Waals surface area contributed by atoms with Crippen LogP contribution in [0.15, 0.2) is 23.2 Å². The molecule has 2 rings (SSSR count). The number of phenolic OH excluding ortho intramolecular Hbond substituents is 1. The molecule has 0 aromatic heterocycles. The maximum absolute atomic E-state index is 9.52. The Hall–Kier alpha value is -1.71. The van der Waals surface area contributed by atoms with Gasteiger partial charge in [-0.2, -0.15) is 0 Å². The van der Waals surface area contributed by atoms with E-state index in [-0.39, 0.29) is 5.75 Å². The van der Waals surface area contributed by atoms with E-state index in [0.29, 0.717) is 24.8 Å². The maximum atomic E-state index is 9.52. The van der Waals surface area contributed by atoms with E-state index >= 15 is 0 Å². The Morgan fingerprint density at radius 2 is 2.36 bits per heavy atom. The van der Waals surface area contributed by atoms with Gasteiger partial charge in [0, 0.05) is 5.56 Å². The van der Waals surface area contributed by atoms with Gasteiger partial charge in [0.1, 0.15) is 6.61 Å². The molecule has 1 aromatic carbocycles. The first kappa shape index (κ1) is 8.87. The first-order chi connectivity index (χ1) is 6.81. The molecular formula is C10H11NO3. The topological polar surface area (TPSA) is 51.0 Å². The fourth-order valence-corrected chi connectivity index (χ4v) is 1.33. The average Bonchev–Trinajstić information content (AvgIpc) is 2.70. The van der Waals surface area contributed by atoms with Crippen molar-refractivity contribution in [3.05, 3.63) is 23.8 Å². The van der Waals surface area contributed by atoms with Crippen LogP contribution in [0.4, 0.5) is 0 Å². The molecule has 74 valence electrons. The molecule has 0 spiro atoms. The fraction of sp³-hybridized carbons (Fsp3) is 0.300. The minimum Gasteiger partial charge on any atom is -0.504 e. The van der Waals surface area contributed by atoms with E-state index in [1.54, 1.807) is 12.1 Å². The van der Waals surface area contributed by atoms with Gasteiger partial charge in [0.25, 0.3) is 0 Å². The van der Waals surface area contributed by atoms with Crippen molar-refractivity contribution in [1.82, 2.24) is 0 Å². The van der Waals surface area contributed by atoms with Crippen molar-refractivity contribution >= 4 is 5.90 Å². The molecule has 0 aliphatic carbocycles. The van der Waals surface area contributed by atoms with Crippen LogP contribution in [-0.4, -0.2) is 31.3 Å². The third-order valence-electron chi connectivity index (χ3n) is 2.01. The van der Waals surface area contributed by atoms with Crippen LogP contribution in [-0.2, 0) is 4.74 Å². The van der Waals surface area contributed by atoms with E-state index in [9.17, 15) is 5.11 Å². The molecule has 4 heteroatoms. The zero-order valence-corrected chi connectivity index (χ0v) is 7.86.